The highest BCUT2D eigenvalue weighted by Crippen LogP contribution is 2.21. The Balaban J connectivity index is 2.14. The van der Waals surface area contributed by atoms with E-state index in [0.717, 1.165) is 43.9 Å². The Morgan fingerprint density at radius 3 is 3.00 bits per heavy atom. The molecule has 1 atom stereocenters. The molecule has 5 heteroatoms. The molecule has 0 aliphatic carbocycles. The number of aromatic nitrogens is 3. The zero-order chi connectivity index (χ0) is 10.8. The molecule has 0 bridgehead atoms. The van der Waals surface area contributed by atoms with Crippen LogP contribution in [-0.4, -0.2) is 40.3 Å². The summed E-state index contributed by atoms with van der Waals surface area (Å²) >= 11 is 0. The maximum absolute atomic E-state index is 6.07. The Bertz CT molecular complexity index is 331. The topological polar surface area (TPSA) is 60.0 Å². The summed E-state index contributed by atoms with van der Waals surface area (Å²) in [5.41, 5.74) is 6.07. The molecule has 0 radical (unpaired) electrons. The lowest BCUT2D eigenvalue weighted by Crippen LogP contribution is -2.27. The molecule has 0 fully saturated rings. The van der Waals surface area contributed by atoms with Gasteiger partial charge in [0, 0.05) is 19.4 Å². The van der Waals surface area contributed by atoms with Crippen molar-refractivity contribution in [2.75, 3.05) is 20.6 Å². The normalized spacial score (nSPS) is 20.7. The van der Waals surface area contributed by atoms with Crippen molar-refractivity contribution in [1.82, 2.24) is 19.7 Å². The first-order valence-electron chi connectivity index (χ1n) is 5.51. The highest BCUT2D eigenvalue weighted by molar-refractivity contribution is 5.01. The summed E-state index contributed by atoms with van der Waals surface area (Å²) in [6.07, 6.45) is 4.20. The summed E-state index contributed by atoms with van der Waals surface area (Å²) in [5.74, 6) is 2.09. The summed E-state index contributed by atoms with van der Waals surface area (Å²) < 4.78 is 2.12. The Kier molecular flexibility index (Phi) is 3.02. The summed E-state index contributed by atoms with van der Waals surface area (Å²) in [4.78, 5) is 2.15. The van der Waals surface area contributed by atoms with Gasteiger partial charge < -0.3 is 10.6 Å². The van der Waals surface area contributed by atoms with Crippen molar-refractivity contribution in [3.05, 3.63) is 11.6 Å². The predicted molar refractivity (Wildman–Crippen MR) is 58.4 cm³/mol. The molecular formula is C10H19N5. The van der Waals surface area contributed by atoms with Crippen molar-refractivity contribution < 1.29 is 0 Å². The van der Waals surface area contributed by atoms with Crippen molar-refractivity contribution in [2.45, 2.75) is 31.8 Å². The molecule has 0 spiro atoms. The summed E-state index contributed by atoms with van der Waals surface area (Å²) in [6.45, 7) is 0.991. The van der Waals surface area contributed by atoms with Crippen LogP contribution in [0.25, 0.3) is 0 Å². The molecule has 1 aromatic heterocycles. The van der Waals surface area contributed by atoms with E-state index in [1.54, 1.807) is 0 Å². The van der Waals surface area contributed by atoms with E-state index in [1.165, 1.54) is 0 Å². The average molecular weight is 209 g/mol. The molecule has 1 aliphatic rings. The van der Waals surface area contributed by atoms with Crippen molar-refractivity contribution in [2.24, 2.45) is 5.73 Å². The maximum atomic E-state index is 6.07. The van der Waals surface area contributed by atoms with Crippen molar-refractivity contribution in [1.29, 1.82) is 0 Å². The van der Waals surface area contributed by atoms with Crippen LogP contribution in [0.3, 0.4) is 0 Å². The largest absolute Gasteiger partial charge is 0.311 e. The molecule has 1 aliphatic heterocycles. The zero-order valence-corrected chi connectivity index (χ0v) is 9.48. The first-order chi connectivity index (χ1) is 7.18. The Morgan fingerprint density at radius 1 is 1.47 bits per heavy atom. The average Bonchev–Trinajstić information content (AvgIpc) is 2.59. The van der Waals surface area contributed by atoms with Gasteiger partial charge in [0.15, 0.2) is 0 Å². The summed E-state index contributed by atoms with van der Waals surface area (Å²) in [6, 6.07) is 0. The fourth-order valence-corrected chi connectivity index (χ4v) is 2.01. The lowest BCUT2D eigenvalue weighted by Gasteiger charge is -2.22. The lowest BCUT2D eigenvalue weighted by molar-refractivity contribution is 0.374. The first-order valence-corrected chi connectivity index (χ1v) is 5.51. The van der Waals surface area contributed by atoms with E-state index in [2.05, 4.69) is 33.8 Å². The lowest BCUT2D eigenvalue weighted by atomic mass is 10.1. The molecule has 15 heavy (non-hydrogen) atoms. The second-order valence-corrected chi connectivity index (χ2v) is 4.42. The number of hydrogen-bond donors (Lipinski definition) is 1. The van der Waals surface area contributed by atoms with Gasteiger partial charge in [-0.05, 0) is 26.9 Å². The first kappa shape index (κ1) is 10.6. The number of rotatable bonds is 3. The van der Waals surface area contributed by atoms with Gasteiger partial charge in [0.1, 0.15) is 11.6 Å². The molecule has 84 valence electrons. The van der Waals surface area contributed by atoms with Crippen molar-refractivity contribution in [3.63, 3.8) is 0 Å². The van der Waals surface area contributed by atoms with Crippen LogP contribution in [0.15, 0.2) is 0 Å². The second kappa shape index (κ2) is 4.28. The highest BCUT2D eigenvalue weighted by atomic mass is 15.3. The van der Waals surface area contributed by atoms with Crippen LogP contribution in [-0.2, 0) is 12.8 Å². The Morgan fingerprint density at radius 2 is 2.27 bits per heavy atom. The van der Waals surface area contributed by atoms with Crippen molar-refractivity contribution >= 4 is 0 Å². The van der Waals surface area contributed by atoms with E-state index in [1.807, 2.05) is 0 Å². The van der Waals surface area contributed by atoms with Gasteiger partial charge >= 0.3 is 0 Å². The van der Waals surface area contributed by atoms with Crippen LogP contribution in [0, 0.1) is 0 Å². The van der Waals surface area contributed by atoms with E-state index in [4.69, 9.17) is 5.73 Å². The maximum Gasteiger partial charge on any atom is 0.135 e. The molecule has 0 saturated heterocycles. The SMILES string of the molecule is CN(C)CCc1nnc2n1C(N)CCC2. The van der Waals surface area contributed by atoms with Crippen LogP contribution in [0.5, 0.6) is 0 Å². The van der Waals surface area contributed by atoms with Gasteiger partial charge in [0.2, 0.25) is 0 Å². The van der Waals surface area contributed by atoms with Crippen LogP contribution in [0.4, 0.5) is 0 Å². The molecule has 1 unspecified atom stereocenters. The smallest absolute Gasteiger partial charge is 0.135 e. The number of fused-ring (bicyclic) bond motifs is 1. The molecule has 2 rings (SSSR count). The minimum atomic E-state index is 0.0842. The standard InChI is InChI=1S/C10H19N5/c1-14(2)7-6-10-13-12-9-5-3-4-8(11)15(9)10/h8H,3-7,11H2,1-2H3. The number of likely N-dealkylation sites (N-methyl/N-ethyl adjacent to an activating group) is 1. The highest BCUT2D eigenvalue weighted by Gasteiger charge is 2.21. The Hall–Kier alpha value is -0.940. The summed E-state index contributed by atoms with van der Waals surface area (Å²) in [7, 11) is 4.13. The molecule has 0 saturated carbocycles. The molecule has 1 aromatic rings. The number of hydrogen-bond acceptors (Lipinski definition) is 4. The van der Waals surface area contributed by atoms with Gasteiger partial charge in [-0.3, -0.25) is 4.57 Å². The van der Waals surface area contributed by atoms with Gasteiger partial charge in [-0.1, -0.05) is 0 Å². The minimum absolute atomic E-state index is 0.0842. The molecule has 2 N–H and O–H groups in total. The van der Waals surface area contributed by atoms with Crippen LogP contribution >= 0.6 is 0 Å². The van der Waals surface area contributed by atoms with E-state index in [9.17, 15) is 0 Å². The van der Waals surface area contributed by atoms with Gasteiger partial charge in [-0.15, -0.1) is 10.2 Å². The predicted octanol–water partition coefficient (Wildman–Crippen LogP) is 0.176. The third-order valence-corrected chi connectivity index (χ3v) is 2.85. The Labute approximate surface area is 90.3 Å². The zero-order valence-electron chi connectivity index (χ0n) is 9.48. The van der Waals surface area contributed by atoms with Crippen molar-refractivity contribution in [3.8, 4) is 0 Å². The van der Waals surface area contributed by atoms with E-state index >= 15 is 0 Å². The fourth-order valence-electron chi connectivity index (χ4n) is 2.01. The molecule has 0 aromatic carbocycles. The molecule has 5 nitrogen and oxygen atoms in total. The minimum Gasteiger partial charge on any atom is -0.311 e. The van der Waals surface area contributed by atoms with E-state index in [0.29, 0.717) is 0 Å². The van der Waals surface area contributed by atoms with Gasteiger partial charge in [-0.2, -0.15) is 0 Å². The third kappa shape index (κ3) is 2.18. The quantitative estimate of drug-likeness (QED) is 0.771. The second-order valence-electron chi connectivity index (χ2n) is 4.42. The molecule has 2 heterocycles. The number of nitrogens with two attached hydrogens (primary N) is 1. The van der Waals surface area contributed by atoms with Gasteiger partial charge in [0.25, 0.3) is 0 Å². The van der Waals surface area contributed by atoms with Gasteiger partial charge in [0.05, 0.1) is 6.17 Å². The van der Waals surface area contributed by atoms with Crippen LogP contribution in [0.2, 0.25) is 0 Å². The monoisotopic (exact) mass is 209 g/mol. The van der Waals surface area contributed by atoms with E-state index in [-0.39, 0.29) is 6.17 Å². The number of aryl methyl sites for hydroxylation is 1. The molecule has 0 amide bonds. The fraction of sp³-hybridized carbons (Fsp3) is 0.800. The summed E-state index contributed by atoms with van der Waals surface area (Å²) in [5, 5.41) is 8.43. The third-order valence-electron chi connectivity index (χ3n) is 2.85. The van der Waals surface area contributed by atoms with Gasteiger partial charge in [-0.25, -0.2) is 0 Å². The molecular weight excluding hydrogens is 190 g/mol. The van der Waals surface area contributed by atoms with E-state index < -0.39 is 0 Å². The number of nitrogens with zero attached hydrogens (tertiary/aromatic N) is 4. The van der Waals surface area contributed by atoms with Crippen LogP contribution < -0.4 is 5.73 Å². The van der Waals surface area contributed by atoms with Crippen LogP contribution in [0.1, 0.15) is 30.7 Å².